The van der Waals surface area contributed by atoms with E-state index < -0.39 is 0 Å². The van der Waals surface area contributed by atoms with E-state index in [1.165, 1.54) is 0 Å². The van der Waals surface area contributed by atoms with E-state index in [1.807, 2.05) is 31.4 Å². The fraction of sp³-hybridized carbons (Fsp3) is 0.412. The monoisotopic (exact) mass is 332 g/mol. The summed E-state index contributed by atoms with van der Waals surface area (Å²) < 4.78 is 11.4. The van der Waals surface area contributed by atoms with Gasteiger partial charge in [-0.15, -0.1) is 11.3 Å². The number of morpholine rings is 1. The van der Waals surface area contributed by atoms with Crippen molar-refractivity contribution >= 4 is 17.2 Å². The molecule has 1 aliphatic heterocycles. The zero-order valence-electron chi connectivity index (χ0n) is 13.3. The van der Waals surface area contributed by atoms with Crippen LogP contribution in [0, 0.1) is 0 Å². The van der Waals surface area contributed by atoms with Crippen LogP contribution in [0.3, 0.4) is 0 Å². The van der Waals surface area contributed by atoms with Gasteiger partial charge in [-0.3, -0.25) is 4.79 Å². The van der Waals surface area contributed by atoms with Crippen LogP contribution in [-0.4, -0.2) is 41.6 Å². The predicted octanol–water partition coefficient (Wildman–Crippen LogP) is 3.14. The van der Waals surface area contributed by atoms with Crippen LogP contribution >= 0.6 is 11.3 Å². The van der Waals surface area contributed by atoms with E-state index in [1.54, 1.807) is 34.4 Å². The largest absolute Gasteiger partial charge is 0.475 e. The Bertz CT molecular complexity index is 658. The van der Waals surface area contributed by atoms with Gasteiger partial charge in [-0.2, -0.15) is 0 Å². The summed E-state index contributed by atoms with van der Waals surface area (Å²) in [6, 6.07) is 9.34. The van der Waals surface area contributed by atoms with Crippen LogP contribution in [0.1, 0.15) is 35.3 Å². The number of hydrogen-bond donors (Lipinski definition) is 0. The minimum Gasteiger partial charge on any atom is -0.475 e. The van der Waals surface area contributed by atoms with Crippen molar-refractivity contribution in [2.24, 2.45) is 0 Å². The molecule has 0 aliphatic carbocycles. The first-order valence-corrected chi connectivity index (χ1v) is 8.59. The zero-order valence-corrected chi connectivity index (χ0v) is 14.1. The van der Waals surface area contributed by atoms with E-state index in [0.717, 1.165) is 4.88 Å². The summed E-state index contributed by atoms with van der Waals surface area (Å²) in [6.45, 7) is 5.54. The minimum absolute atomic E-state index is 0.0273. The molecule has 3 rings (SSSR count). The van der Waals surface area contributed by atoms with E-state index in [2.05, 4.69) is 4.98 Å². The first kappa shape index (κ1) is 16.0. The number of amides is 1. The summed E-state index contributed by atoms with van der Waals surface area (Å²) in [6.07, 6.45) is -0.0257. The molecule has 1 unspecified atom stereocenters. The number of hydrogen-bond acceptors (Lipinski definition) is 5. The van der Waals surface area contributed by atoms with Crippen molar-refractivity contribution in [1.82, 2.24) is 9.88 Å². The highest BCUT2D eigenvalue weighted by Crippen LogP contribution is 2.26. The lowest BCUT2D eigenvalue weighted by molar-refractivity contribution is -0.0214. The average molecular weight is 332 g/mol. The van der Waals surface area contributed by atoms with Crippen molar-refractivity contribution in [3.05, 3.63) is 46.3 Å². The SMILES string of the molecule is CC(C)Oc1cccc(C(=O)N2CCOC(c3cccs3)C2)n1. The van der Waals surface area contributed by atoms with Gasteiger partial charge < -0.3 is 14.4 Å². The van der Waals surface area contributed by atoms with Gasteiger partial charge in [0.15, 0.2) is 0 Å². The highest BCUT2D eigenvalue weighted by molar-refractivity contribution is 7.10. The Labute approximate surface area is 139 Å². The normalized spacial score (nSPS) is 18.2. The van der Waals surface area contributed by atoms with Crippen LogP contribution in [-0.2, 0) is 4.74 Å². The highest BCUT2D eigenvalue weighted by atomic mass is 32.1. The molecule has 122 valence electrons. The van der Waals surface area contributed by atoms with Crippen LogP contribution in [0.5, 0.6) is 5.88 Å². The van der Waals surface area contributed by atoms with Crippen LogP contribution < -0.4 is 4.74 Å². The number of thiophene rings is 1. The fourth-order valence-electron chi connectivity index (χ4n) is 2.48. The second-order valence-electron chi connectivity index (χ2n) is 5.65. The first-order chi connectivity index (χ1) is 11.1. The summed E-state index contributed by atoms with van der Waals surface area (Å²) in [7, 11) is 0. The highest BCUT2D eigenvalue weighted by Gasteiger charge is 2.27. The Balaban J connectivity index is 1.72. The summed E-state index contributed by atoms with van der Waals surface area (Å²) in [5.41, 5.74) is 0.412. The molecule has 0 bridgehead atoms. The summed E-state index contributed by atoms with van der Waals surface area (Å²) in [5, 5.41) is 2.02. The number of carbonyl (C=O) groups excluding carboxylic acids is 1. The zero-order chi connectivity index (χ0) is 16.2. The van der Waals surface area contributed by atoms with Crippen LogP contribution in [0.2, 0.25) is 0 Å². The van der Waals surface area contributed by atoms with Crippen LogP contribution in [0.25, 0.3) is 0 Å². The topological polar surface area (TPSA) is 51.7 Å². The molecule has 1 fully saturated rings. The van der Waals surface area contributed by atoms with Gasteiger partial charge in [0.25, 0.3) is 5.91 Å². The third-order valence-electron chi connectivity index (χ3n) is 3.51. The van der Waals surface area contributed by atoms with Crippen molar-refractivity contribution in [2.75, 3.05) is 19.7 Å². The molecule has 2 aromatic heterocycles. The molecule has 0 N–H and O–H groups in total. The quantitative estimate of drug-likeness (QED) is 0.863. The Morgan fingerprint density at radius 2 is 2.26 bits per heavy atom. The molecule has 1 saturated heterocycles. The van der Waals surface area contributed by atoms with Gasteiger partial charge in [-0.05, 0) is 31.4 Å². The number of aromatic nitrogens is 1. The average Bonchev–Trinajstić information content (AvgIpc) is 3.08. The molecule has 0 aromatic carbocycles. The second-order valence-corrected chi connectivity index (χ2v) is 6.63. The molecule has 0 radical (unpaired) electrons. The second kappa shape index (κ2) is 7.10. The lowest BCUT2D eigenvalue weighted by atomic mass is 10.2. The van der Waals surface area contributed by atoms with Crippen molar-refractivity contribution in [3.8, 4) is 5.88 Å². The molecule has 1 aliphatic rings. The molecule has 3 heterocycles. The summed E-state index contributed by atoms with van der Waals surface area (Å²) in [5.74, 6) is 0.401. The van der Waals surface area contributed by atoms with Gasteiger partial charge in [0.2, 0.25) is 5.88 Å². The molecule has 0 saturated carbocycles. The number of carbonyl (C=O) groups is 1. The van der Waals surface area contributed by atoms with E-state index in [4.69, 9.17) is 9.47 Å². The van der Waals surface area contributed by atoms with Crippen molar-refractivity contribution < 1.29 is 14.3 Å². The summed E-state index contributed by atoms with van der Waals surface area (Å²) >= 11 is 1.65. The van der Waals surface area contributed by atoms with E-state index in [0.29, 0.717) is 31.3 Å². The molecular formula is C17H20N2O3S. The molecule has 5 nitrogen and oxygen atoms in total. The van der Waals surface area contributed by atoms with Gasteiger partial charge in [0.05, 0.1) is 19.3 Å². The van der Waals surface area contributed by atoms with Crippen molar-refractivity contribution in [3.63, 3.8) is 0 Å². The van der Waals surface area contributed by atoms with Gasteiger partial charge in [0.1, 0.15) is 11.8 Å². The number of nitrogens with zero attached hydrogens (tertiary/aromatic N) is 2. The Morgan fingerprint density at radius 3 is 3.00 bits per heavy atom. The van der Waals surface area contributed by atoms with Gasteiger partial charge >= 0.3 is 0 Å². The molecular weight excluding hydrogens is 312 g/mol. The number of rotatable bonds is 4. The summed E-state index contributed by atoms with van der Waals surface area (Å²) in [4.78, 5) is 20.0. The Hall–Kier alpha value is -1.92. The Kier molecular flexibility index (Phi) is 4.93. The maximum absolute atomic E-state index is 12.7. The smallest absolute Gasteiger partial charge is 0.272 e. The van der Waals surface area contributed by atoms with Gasteiger partial charge in [0, 0.05) is 17.5 Å². The molecule has 23 heavy (non-hydrogen) atoms. The minimum atomic E-state index is -0.0796. The maximum atomic E-state index is 12.7. The molecule has 0 spiro atoms. The third-order valence-corrected chi connectivity index (χ3v) is 4.48. The molecule has 1 amide bonds. The van der Waals surface area contributed by atoms with Gasteiger partial charge in [-0.25, -0.2) is 4.98 Å². The standard InChI is InChI=1S/C17H20N2O3S/c1-12(2)22-16-7-3-5-13(18-16)17(20)19-8-9-21-14(11-19)15-6-4-10-23-15/h3-7,10,12,14H,8-9,11H2,1-2H3. The first-order valence-electron chi connectivity index (χ1n) is 7.71. The third kappa shape index (κ3) is 3.89. The van der Waals surface area contributed by atoms with Crippen molar-refractivity contribution in [1.29, 1.82) is 0 Å². The molecule has 6 heteroatoms. The van der Waals surface area contributed by atoms with Crippen LogP contribution in [0.4, 0.5) is 0 Å². The number of ether oxygens (including phenoxy) is 2. The molecule has 2 aromatic rings. The lowest BCUT2D eigenvalue weighted by Gasteiger charge is -2.32. The van der Waals surface area contributed by atoms with Crippen LogP contribution in [0.15, 0.2) is 35.7 Å². The predicted molar refractivity (Wildman–Crippen MR) is 88.9 cm³/mol. The molecule has 1 atom stereocenters. The van der Waals surface area contributed by atoms with E-state index in [9.17, 15) is 4.79 Å². The van der Waals surface area contributed by atoms with Crippen molar-refractivity contribution in [2.45, 2.75) is 26.1 Å². The fourth-order valence-corrected chi connectivity index (χ4v) is 3.25. The van der Waals surface area contributed by atoms with E-state index in [-0.39, 0.29) is 18.1 Å². The lowest BCUT2D eigenvalue weighted by Crippen LogP contribution is -2.42. The Morgan fingerprint density at radius 1 is 1.39 bits per heavy atom. The number of pyridine rings is 1. The van der Waals surface area contributed by atoms with E-state index >= 15 is 0 Å². The maximum Gasteiger partial charge on any atom is 0.272 e. The van der Waals surface area contributed by atoms with Gasteiger partial charge in [-0.1, -0.05) is 12.1 Å².